The summed E-state index contributed by atoms with van der Waals surface area (Å²) in [6.07, 6.45) is 8.70. The second-order valence-corrected chi connectivity index (χ2v) is 5.79. The Labute approximate surface area is 133 Å². The summed E-state index contributed by atoms with van der Waals surface area (Å²) in [6.45, 7) is 1.49. The van der Waals surface area contributed by atoms with Gasteiger partial charge < -0.3 is 13.8 Å². The van der Waals surface area contributed by atoms with Crippen molar-refractivity contribution in [2.24, 2.45) is 13.0 Å². The van der Waals surface area contributed by atoms with Crippen LogP contribution in [-0.2, 0) is 24.8 Å². The smallest absolute Gasteiger partial charge is 0.256 e. The Kier molecular flexibility index (Phi) is 3.66. The van der Waals surface area contributed by atoms with Crippen LogP contribution in [0.3, 0.4) is 0 Å². The summed E-state index contributed by atoms with van der Waals surface area (Å²) in [7, 11) is 1.95. The molecule has 0 N–H and O–H groups in total. The number of nitrogens with zero attached hydrogens (tertiary/aromatic N) is 6. The van der Waals surface area contributed by atoms with Gasteiger partial charge in [0.1, 0.15) is 6.10 Å². The Hall–Kier alpha value is -2.48. The van der Waals surface area contributed by atoms with E-state index in [-0.39, 0.29) is 6.10 Å². The van der Waals surface area contributed by atoms with Gasteiger partial charge in [0.05, 0.1) is 12.7 Å². The molecular weight excluding hydrogens is 296 g/mol. The van der Waals surface area contributed by atoms with E-state index in [9.17, 15) is 0 Å². The van der Waals surface area contributed by atoms with Crippen LogP contribution in [0.5, 0.6) is 0 Å². The minimum absolute atomic E-state index is 0.160. The molecule has 0 aliphatic carbocycles. The van der Waals surface area contributed by atoms with Gasteiger partial charge in [-0.3, -0.25) is 4.68 Å². The van der Waals surface area contributed by atoms with E-state index in [1.54, 1.807) is 12.5 Å². The van der Waals surface area contributed by atoms with Crippen LogP contribution >= 0.6 is 0 Å². The maximum Gasteiger partial charge on any atom is 0.256 e. The van der Waals surface area contributed by atoms with Crippen LogP contribution in [0.25, 0.3) is 0 Å². The summed E-state index contributed by atoms with van der Waals surface area (Å²) in [6, 6.07) is 1.92. The van der Waals surface area contributed by atoms with Gasteiger partial charge in [0.25, 0.3) is 5.89 Å². The van der Waals surface area contributed by atoms with Crippen molar-refractivity contribution in [2.75, 3.05) is 6.61 Å². The molecule has 8 heteroatoms. The summed E-state index contributed by atoms with van der Waals surface area (Å²) in [5, 5.41) is 8.34. The van der Waals surface area contributed by atoms with Crippen molar-refractivity contribution in [1.29, 1.82) is 0 Å². The van der Waals surface area contributed by atoms with Crippen LogP contribution in [0.15, 0.2) is 35.5 Å². The summed E-state index contributed by atoms with van der Waals surface area (Å²) >= 11 is 0. The molecule has 120 valence electrons. The van der Waals surface area contributed by atoms with Gasteiger partial charge in [-0.15, -0.1) is 0 Å². The molecule has 8 nitrogen and oxygen atoms in total. The van der Waals surface area contributed by atoms with E-state index < -0.39 is 0 Å². The molecule has 0 bridgehead atoms. The van der Waals surface area contributed by atoms with Crippen molar-refractivity contribution in [3.8, 4) is 0 Å². The van der Waals surface area contributed by atoms with Crippen LogP contribution in [-0.4, -0.2) is 36.1 Å². The highest BCUT2D eigenvalue weighted by Gasteiger charge is 2.34. The molecule has 0 aromatic carbocycles. The largest absolute Gasteiger partial charge is 0.368 e. The molecule has 2 atom stereocenters. The number of rotatable bonds is 5. The maximum absolute atomic E-state index is 5.82. The van der Waals surface area contributed by atoms with Crippen LogP contribution in [0.2, 0.25) is 0 Å². The fraction of sp³-hybridized carbons (Fsp3) is 0.467. The molecule has 4 heterocycles. The maximum atomic E-state index is 5.82. The highest BCUT2D eigenvalue weighted by atomic mass is 16.5. The summed E-state index contributed by atoms with van der Waals surface area (Å²) in [5.41, 5.74) is 1.04. The molecular formula is C15H18N6O2. The average molecular weight is 314 g/mol. The first-order valence-corrected chi connectivity index (χ1v) is 7.66. The molecule has 3 aromatic rings. The molecule has 23 heavy (non-hydrogen) atoms. The third-order valence-electron chi connectivity index (χ3n) is 4.18. The first-order chi connectivity index (χ1) is 11.3. The Balaban J connectivity index is 1.48. The van der Waals surface area contributed by atoms with E-state index in [1.165, 1.54) is 0 Å². The van der Waals surface area contributed by atoms with Gasteiger partial charge in [-0.05, 0) is 12.5 Å². The predicted octanol–water partition coefficient (Wildman–Crippen LogP) is 1.37. The zero-order valence-electron chi connectivity index (χ0n) is 12.9. The first kappa shape index (κ1) is 14.1. The van der Waals surface area contributed by atoms with E-state index >= 15 is 0 Å². The predicted molar refractivity (Wildman–Crippen MR) is 79.3 cm³/mol. The molecule has 1 saturated heterocycles. The van der Waals surface area contributed by atoms with Crippen molar-refractivity contribution >= 4 is 0 Å². The van der Waals surface area contributed by atoms with E-state index in [4.69, 9.17) is 9.26 Å². The third-order valence-corrected chi connectivity index (χ3v) is 4.18. The lowest BCUT2D eigenvalue weighted by Crippen LogP contribution is -2.15. The van der Waals surface area contributed by atoms with Crippen molar-refractivity contribution in [3.05, 3.63) is 48.4 Å². The molecule has 0 saturated carbocycles. The van der Waals surface area contributed by atoms with Gasteiger partial charge >= 0.3 is 0 Å². The van der Waals surface area contributed by atoms with Gasteiger partial charge in [0.15, 0.2) is 5.82 Å². The first-order valence-electron chi connectivity index (χ1n) is 7.66. The zero-order valence-corrected chi connectivity index (χ0v) is 12.9. The Morgan fingerprint density at radius 1 is 1.39 bits per heavy atom. The lowest BCUT2D eigenvalue weighted by Gasteiger charge is -2.14. The number of aryl methyl sites for hydroxylation is 1. The average Bonchev–Trinajstić information content (AvgIpc) is 3.30. The van der Waals surface area contributed by atoms with Crippen LogP contribution < -0.4 is 0 Å². The molecule has 1 aliphatic heterocycles. The minimum atomic E-state index is -0.160. The standard InChI is InChI=1S/C15H18N6O2/c1-20-10-16-8-12(20)7-13-18-15(23-19-13)14-11(3-6-22-14)9-21-5-2-4-17-21/h2,4-5,8,10-11,14H,3,6-7,9H2,1H3/t11-,14-/m0/s1. The molecule has 0 spiro atoms. The number of hydrogen-bond donors (Lipinski definition) is 0. The summed E-state index contributed by atoms with van der Waals surface area (Å²) in [4.78, 5) is 8.61. The number of ether oxygens (including phenoxy) is 1. The van der Waals surface area contributed by atoms with Crippen LogP contribution in [0, 0.1) is 5.92 Å². The number of imidazole rings is 1. The topological polar surface area (TPSA) is 83.8 Å². The van der Waals surface area contributed by atoms with E-state index in [2.05, 4.69) is 20.2 Å². The highest BCUT2D eigenvalue weighted by Crippen LogP contribution is 2.34. The second kappa shape index (κ2) is 5.96. The van der Waals surface area contributed by atoms with Crippen molar-refractivity contribution in [1.82, 2.24) is 29.5 Å². The van der Waals surface area contributed by atoms with Gasteiger partial charge in [-0.1, -0.05) is 5.16 Å². The SMILES string of the molecule is Cn1cncc1Cc1noc([C@H]2OCC[C@H]2Cn2cccn2)n1. The Bertz CT molecular complexity index is 763. The Morgan fingerprint density at radius 3 is 3.13 bits per heavy atom. The summed E-state index contributed by atoms with van der Waals surface area (Å²) < 4.78 is 15.1. The van der Waals surface area contributed by atoms with Crippen LogP contribution in [0.1, 0.15) is 29.9 Å². The van der Waals surface area contributed by atoms with Crippen molar-refractivity contribution in [2.45, 2.75) is 25.5 Å². The quantitative estimate of drug-likeness (QED) is 0.707. The number of aromatic nitrogens is 6. The molecule has 0 unspecified atom stereocenters. The van der Waals surface area contributed by atoms with E-state index in [1.807, 2.05) is 34.8 Å². The lowest BCUT2D eigenvalue weighted by atomic mass is 10.0. The van der Waals surface area contributed by atoms with Crippen LogP contribution in [0.4, 0.5) is 0 Å². The molecule has 0 amide bonds. The lowest BCUT2D eigenvalue weighted by molar-refractivity contribution is 0.0578. The fourth-order valence-electron chi connectivity index (χ4n) is 2.91. The van der Waals surface area contributed by atoms with Gasteiger partial charge in [-0.25, -0.2) is 4.98 Å². The minimum Gasteiger partial charge on any atom is -0.368 e. The monoisotopic (exact) mass is 314 g/mol. The molecule has 3 aromatic heterocycles. The van der Waals surface area contributed by atoms with Gasteiger partial charge in [-0.2, -0.15) is 10.1 Å². The normalized spacial score (nSPS) is 21.1. The third kappa shape index (κ3) is 2.89. The van der Waals surface area contributed by atoms with Crippen molar-refractivity contribution in [3.63, 3.8) is 0 Å². The van der Waals surface area contributed by atoms with E-state index in [0.717, 1.165) is 18.7 Å². The van der Waals surface area contributed by atoms with Gasteiger partial charge in [0, 0.05) is 50.4 Å². The fourth-order valence-corrected chi connectivity index (χ4v) is 2.91. The van der Waals surface area contributed by atoms with Gasteiger partial charge in [0.2, 0.25) is 0 Å². The summed E-state index contributed by atoms with van der Waals surface area (Å²) in [5.74, 6) is 1.49. The highest BCUT2D eigenvalue weighted by molar-refractivity contribution is 5.07. The molecule has 1 fully saturated rings. The Morgan fingerprint density at radius 2 is 2.35 bits per heavy atom. The van der Waals surface area contributed by atoms with E-state index in [0.29, 0.717) is 30.7 Å². The van der Waals surface area contributed by atoms with Crippen molar-refractivity contribution < 1.29 is 9.26 Å². The zero-order chi connectivity index (χ0) is 15.6. The number of hydrogen-bond acceptors (Lipinski definition) is 6. The second-order valence-electron chi connectivity index (χ2n) is 5.79. The molecule has 0 radical (unpaired) electrons. The molecule has 4 rings (SSSR count). The molecule has 1 aliphatic rings.